The summed E-state index contributed by atoms with van der Waals surface area (Å²) in [5.41, 5.74) is 1.01. The minimum absolute atomic E-state index is 0.119. The van der Waals surface area contributed by atoms with Gasteiger partial charge in [-0.1, -0.05) is 37.8 Å². The lowest BCUT2D eigenvalue weighted by atomic mass is 10.1. The van der Waals surface area contributed by atoms with Crippen LogP contribution in [0.5, 0.6) is 0 Å². The molecule has 1 saturated carbocycles. The van der Waals surface area contributed by atoms with Crippen molar-refractivity contribution >= 4 is 21.8 Å². The molecular weight excluding hydrogens is 364 g/mol. The highest BCUT2D eigenvalue weighted by Gasteiger charge is 2.13. The topological polar surface area (TPSA) is 123 Å². The van der Waals surface area contributed by atoms with E-state index >= 15 is 0 Å². The van der Waals surface area contributed by atoms with Crippen LogP contribution in [0.3, 0.4) is 0 Å². The molecule has 4 N–H and O–H groups in total. The first kappa shape index (κ1) is 19.5. The summed E-state index contributed by atoms with van der Waals surface area (Å²) in [4.78, 5) is 4.60. The van der Waals surface area contributed by atoms with Gasteiger partial charge in [0.05, 0.1) is 11.1 Å². The normalized spacial score (nSPS) is 15.9. The number of sulfonamides is 1. The van der Waals surface area contributed by atoms with Gasteiger partial charge in [0.1, 0.15) is 0 Å². The molecule has 0 unspecified atom stereocenters. The van der Waals surface area contributed by atoms with E-state index in [1.54, 1.807) is 18.3 Å². The van der Waals surface area contributed by atoms with Gasteiger partial charge in [-0.3, -0.25) is 0 Å². The average Bonchev–Trinajstić information content (AvgIpc) is 2.90. The lowest BCUT2D eigenvalue weighted by Crippen LogP contribution is -2.20. The number of nitrogens with two attached hydrogens (primary N) is 1. The molecule has 27 heavy (non-hydrogen) atoms. The molecule has 1 aromatic heterocycles. The summed E-state index contributed by atoms with van der Waals surface area (Å²) in [5.74, 6) is 1.23. The van der Waals surface area contributed by atoms with Crippen molar-refractivity contribution in [3.05, 3.63) is 36.0 Å². The Bertz CT molecular complexity index is 833. The Morgan fingerprint density at radius 2 is 1.78 bits per heavy atom. The van der Waals surface area contributed by atoms with Crippen LogP contribution in [0.2, 0.25) is 0 Å². The van der Waals surface area contributed by atoms with E-state index in [0.717, 1.165) is 24.8 Å². The molecule has 8 nitrogen and oxygen atoms in total. The molecule has 1 aliphatic rings. The van der Waals surface area contributed by atoms with Crippen LogP contribution in [-0.4, -0.2) is 36.2 Å². The lowest BCUT2D eigenvalue weighted by molar-refractivity contribution is 0.598. The second kappa shape index (κ2) is 9.09. The Labute approximate surface area is 160 Å². The van der Waals surface area contributed by atoms with E-state index in [2.05, 4.69) is 25.8 Å². The van der Waals surface area contributed by atoms with Crippen molar-refractivity contribution in [3.63, 3.8) is 0 Å². The summed E-state index contributed by atoms with van der Waals surface area (Å²) < 4.78 is 22.6. The van der Waals surface area contributed by atoms with Crippen LogP contribution in [0.15, 0.2) is 35.4 Å². The zero-order chi connectivity index (χ0) is 19.1. The summed E-state index contributed by atoms with van der Waals surface area (Å²) >= 11 is 0. The lowest BCUT2D eigenvalue weighted by Gasteiger charge is -2.16. The molecule has 3 rings (SSSR count). The van der Waals surface area contributed by atoms with Crippen LogP contribution in [-0.2, 0) is 16.4 Å². The van der Waals surface area contributed by atoms with E-state index in [-0.39, 0.29) is 4.90 Å². The Hall–Kier alpha value is -2.26. The standard InChI is InChI=1S/C18H26N6O2S/c19-27(25,26)16-9-7-14(8-10-16)11-12-20-17-13-21-24-18(23-17)22-15-5-3-1-2-4-6-15/h7-10,13,15H,1-6,11-12H2,(H2,19,25,26)(H2,20,22,23,24). The summed E-state index contributed by atoms with van der Waals surface area (Å²) in [7, 11) is -3.65. The molecule has 0 bridgehead atoms. The highest BCUT2D eigenvalue weighted by molar-refractivity contribution is 7.89. The van der Waals surface area contributed by atoms with Crippen LogP contribution in [0.1, 0.15) is 44.1 Å². The third-order valence-corrected chi connectivity index (χ3v) is 5.65. The molecule has 0 saturated heterocycles. The Kier molecular flexibility index (Phi) is 6.57. The molecule has 146 valence electrons. The van der Waals surface area contributed by atoms with Crippen LogP contribution >= 0.6 is 0 Å². The number of nitrogens with zero attached hydrogens (tertiary/aromatic N) is 3. The highest BCUT2D eigenvalue weighted by atomic mass is 32.2. The molecule has 0 atom stereocenters. The van der Waals surface area contributed by atoms with Gasteiger partial charge in [0, 0.05) is 12.6 Å². The van der Waals surface area contributed by atoms with E-state index in [4.69, 9.17) is 5.14 Å². The molecule has 1 fully saturated rings. The van der Waals surface area contributed by atoms with Crippen molar-refractivity contribution in [1.29, 1.82) is 0 Å². The van der Waals surface area contributed by atoms with Crippen LogP contribution in [0.25, 0.3) is 0 Å². The average molecular weight is 391 g/mol. The fourth-order valence-electron chi connectivity index (χ4n) is 3.24. The van der Waals surface area contributed by atoms with Gasteiger partial charge >= 0.3 is 0 Å². The predicted octanol–water partition coefficient (Wildman–Crippen LogP) is 2.31. The second-order valence-corrected chi connectivity index (χ2v) is 8.43. The molecular formula is C18H26N6O2S. The van der Waals surface area contributed by atoms with E-state index in [0.29, 0.717) is 24.4 Å². The summed E-state index contributed by atoms with van der Waals surface area (Å²) in [5, 5.41) is 19.8. The quantitative estimate of drug-likeness (QED) is 0.620. The minimum Gasteiger partial charge on any atom is -0.368 e. The van der Waals surface area contributed by atoms with Gasteiger partial charge < -0.3 is 10.6 Å². The monoisotopic (exact) mass is 390 g/mol. The molecule has 0 aliphatic heterocycles. The number of primary sulfonamides is 1. The first-order valence-electron chi connectivity index (χ1n) is 9.32. The Morgan fingerprint density at radius 1 is 1.07 bits per heavy atom. The van der Waals surface area contributed by atoms with Crippen molar-refractivity contribution in [2.45, 2.75) is 55.9 Å². The van der Waals surface area contributed by atoms with E-state index < -0.39 is 10.0 Å². The van der Waals surface area contributed by atoms with Gasteiger partial charge in [0.15, 0.2) is 5.82 Å². The maximum absolute atomic E-state index is 11.3. The smallest absolute Gasteiger partial charge is 0.244 e. The summed E-state index contributed by atoms with van der Waals surface area (Å²) in [6.07, 6.45) is 9.71. The molecule has 1 aromatic carbocycles. The first-order chi connectivity index (χ1) is 13.0. The zero-order valence-corrected chi connectivity index (χ0v) is 16.1. The maximum atomic E-state index is 11.3. The molecule has 9 heteroatoms. The van der Waals surface area contributed by atoms with Gasteiger partial charge in [-0.25, -0.2) is 13.6 Å². The minimum atomic E-state index is -3.65. The van der Waals surface area contributed by atoms with Gasteiger partial charge in [-0.2, -0.15) is 10.1 Å². The Balaban J connectivity index is 1.51. The largest absolute Gasteiger partial charge is 0.368 e. The van der Waals surface area contributed by atoms with E-state index in [1.807, 2.05) is 0 Å². The van der Waals surface area contributed by atoms with Crippen molar-refractivity contribution in [3.8, 4) is 0 Å². The van der Waals surface area contributed by atoms with Gasteiger partial charge in [0.25, 0.3) is 0 Å². The van der Waals surface area contributed by atoms with Crippen molar-refractivity contribution in [2.24, 2.45) is 5.14 Å². The van der Waals surface area contributed by atoms with E-state index in [9.17, 15) is 8.42 Å². The zero-order valence-electron chi connectivity index (χ0n) is 15.3. The number of hydrogen-bond donors (Lipinski definition) is 3. The van der Waals surface area contributed by atoms with Gasteiger partial charge in [0.2, 0.25) is 16.0 Å². The second-order valence-electron chi connectivity index (χ2n) is 6.86. The molecule has 0 spiro atoms. The third kappa shape index (κ3) is 6.14. The fourth-order valence-corrected chi connectivity index (χ4v) is 3.75. The number of hydrogen-bond acceptors (Lipinski definition) is 7. The van der Waals surface area contributed by atoms with Gasteiger partial charge in [-0.15, -0.1) is 5.10 Å². The number of aromatic nitrogens is 3. The maximum Gasteiger partial charge on any atom is 0.244 e. The van der Waals surface area contributed by atoms with Crippen molar-refractivity contribution < 1.29 is 8.42 Å². The predicted molar refractivity (Wildman–Crippen MR) is 105 cm³/mol. The number of benzene rings is 1. The molecule has 2 aromatic rings. The van der Waals surface area contributed by atoms with Crippen molar-refractivity contribution in [2.75, 3.05) is 17.2 Å². The Morgan fingerprint density at radius 3 is 2.44 bits per heavy atom. The third-order valence-electron chi connectivity index (χ3n) is 4.72. The number of rotatable bonds is 7. The van der Waals surface area contributed by atoms with Crippen LogP contribution in [0.4, 0.5) is 11.8 Å². The molecule has 1 aliphatic carbocycles. The van der Waals surface area contributed by atoms with Crippen LogP contribution in [0, 0.1) is 0 Å². The fraction of sp³-hybridized carbons (Fsp3) is 0.500. The first-order valence-corrected chi connectivity index (χ1v) is 10.9. The molecule has 0 radical (unpaired) electrons. The SMILES string of the molecule is NS(=O)(=O)c1ccc(CCNc2cnnc(NC3CCCCCC3)n2)cc1. The highest BCUT2D eigenvalue weighted by Crippen LogP contribution is 2.20. The number of anilines is 2. The summed E-state index contributed by atoms with van der Waals surface area (Å²) in [6, 6.07) is 6.98. The van der Waals surface area contributed by atoms with E-state index in [1.165, 1.54) is 37.8 Å². The molecule has 0 amide bonds. The van der Waals surface area contributed by atoms with Crippen molar-refractivity contribution in [1.82, 2.24) is 15.2 Å². The van der Waals surface area contributed by atoms with Gasteiger partial charge in [-0.05, 0) is 37.0 Å². The number of nitrogens with one attached hydrogen (secondary N) is 2. The van der Waals surface area contributed by atoms with Crippen LogP contribution < -0.4 is 15.8 Å². The molecule has 1 heterocycles. The summed E-state index contributed by atoms with van der Waals surface area (Å²) in [6.45, 7) is 0.649.